The van der Waals surface area contributed by atoms with Crippen molar-refractivity contribution in [3.63, 3.8) is 0 Å². The Morgan fingerprint density at radius 2 is 2.25 bits per heavy atom. The number of ether oxygens (including phenoxy) is 1. The molecule has 1 aromatic carbocycles. The molecular formula is C18H24N2O3S. The molecule has 2 heterocycles. The van der Waals surface area contributed by atoms with Gasteiger partial charge in [0.1, 0.15) is 5.01 Å². The van der Waals surface area contributed by atoms with Gasteiger partial charge < -0.3 is 14.9 Å². The first-order chi connectivity index (χ1) is 11.7. The lowest BCUT2D eigenvalue weighted by Gasteiger charge is -2.35. The predicted octanol–water partition coefficient (Wildman–Crippen LogP) is 3.26. The van der Waals surface area contributed by atoms with E-state index in [0.29, 0.717) is 11.8 Å². The van der Waals surface area contributed by atoms with E-state index in [1.54, 1.807) is 24.5 Å². The Hall–Kier alpha value is -1.63. The fourth-order valence-electron chi connectivity index (χ4n) is 3.28. The summed E-state index contributed by atoms with van der Waals surface area (Å²) in [6, 6.07) is 5.77. The number of phenolic OH excluding ortho intramolecular Hbond substituents is 1. The van der Waals surface area contributed by atoms with Crippen molar-refractivity contribution < 1.29 is 14.9 Å². The minimum absolute atomic E-state index is 0.137. The number of aromatic nitrogens is 1. The lowest BCUT2D eigenvalue weighted by molar-refractivity contribution is 0.111. The SMILES string of the molecule is COc1cc(-c2nc(CN3CCCCC3CCO)cs2)ccc1O. The van der Waals surface area contributed by atoms with Gasteiger partial charge in [-0.3, -0.25) is 4.90 Å². The Balaban J connectivity index is 1.73. The molecule has 2 N–H and O–H groups in total. The van der Waals surface area contributed by atoms with Crippen molar-refractivity contribution in [3.05, 3.63) is 29.3 Å². The van der Waals surface area contributed by atoms with Crippen LogP contribution in [-0.2, 0) is 6.54 Å². The van der Waals surface area contributed by atoms with E-state index in [2.05, 4.69) is 10.3 Å². The van der Waals surface area contributed by atoms with Crippen molar-refractivity contribution in [2.24, 2.45) is 0 Å². The van der Waals surface area contributed by atoms with Crippen molar-refractivity contribution in [1.29, 1.82) is 0 Å². The van der Waals surface area contributed by atoms with Crippen LogP contribution in [0.4, 0.5) is 0 Å². The molecule has 1 aliphatic rings. The van der Waals surface area contributed by atoms with Crippen molar-refractivity contribution in [3.8, 4) is 22.1 Å². The quantitative estimate of drug-likeness (QED) is 0.839. The number of nitrogens with zero attached hydrogens (tertiary/aromatic N) is 2. The molecule has 0 aliphatic carbocycles. The highest BCUT2D eigenvalue weighted by molar-refractivity contribution is 7.13. The molecule has 5 nitrogen and oxygen atoms in total. The molecule has 0 amide bonds. The van der Waals surface area contributed by atoms with Gasteiger partial charge in [-0.25, -0.2) is 4.98 Å². The molecule has 1 atom stereocenters. The van der Waals surface area contributed by atoms with E-state index in [4.69, 9.17) is 9.72 Å². The average Bonchev–Trinajstić information content (AvgIpc) is 3.06. The van der Waals surface area contributed by atoms with Gasteiger partial charge in [0.2, 0.25) is 0 Å². The Morgan fingerprint density at radius 1 is 1.38 bits per heavy atom. The van der Waals surface area contributed by atoms with Crippen molar-refractivity contribution in [1.82, 2.24) is 9.88 Å². The number of hydrogen-bond donors (Lipinski definition) is 2. The van der Waals surface area contributed by atoms with Gasteiger partial charge in [-0.2, -0.15) is 0 Å². The molecule has 1 aliphatic heterocycles. The first kappa shape index (κ1) is 17.2. The van der Waals surface area contributed by atoms with Crippen LogP contribution in [0.3, 0.4) is 0 Å². The van der Waals surface area contributed by atoms with Gasteiger partial charge in [0, 0.05) is 30.1 Å². The maximum atomic E-state index is 9.71. The highest BCUT2D eigenvalue weighted by Crippen LogP contribution is 2.33. The summed E-state index contributed by atoms with van der Waals surface area (Å²) in [5.41, 5.74) is 2.01. The minimum atomic E-state index is 0.137. The second-order valence-electron chi connectivity index (χ2n) is 6.16. The van der Waals surface area contributed by atoms with Crippen LogP contribution in [0.25, 0.3) is 10.6 Å². The van der Waals surface area contributed by atoms with E-state index in [-0.39, 0.29) is 12.4 Å². The monoisotopic (exact) mass is 348 g/mol. The van der Waals surface area contributed by atoms with Crippen LogP contribution in [0.15, 0.2) is 23.6 Å². The molecule has 2 aromatic rings. The van der Waals surface area contributed by atoms with Gasteiger partial charge in [-0.1, -0.05) is 6.42 Å². The normalized spacial score (nSPS) is 18.7. The third kappa shape index (κ3) is 3.88. The van der Waals surface area contributed by atoms with Crippen LogP contribution in [0, 0.1) is 0 Å². The summed E-state index contributed by atoms with van der Waals surface area (Å²) in [5, 5.41) is 22.0. The first-order valence-electron chi connectivity index (χ1n) is 8.38. The number of benzene rings is 1. The van der Waals surface area contributed by atoms with Crippen LogP contribution in [-0.4, -0.2) is 46.4 Å². The number of rotatable bonds is 6. The summed E-state index contributed by atoms with van der Waals surface area (Å²) in [6.07, 6.45) is 4.46. The Labute approximate surface area is 146 Å². The lowest BCUT2D eigenvalue weighted by atomic mass is 9.99. The van der Waals surface area contributed by atoms with Gasteiger partial charge in [0.05, 0.1) is 12.8 Å². The molecule has 0 radical (unpaired) electrons. The maximum Gasteiger partial charge on any atom is 0.161 e. The number of likely N-dealkylation sites (tertiary alicyclic amines) is 1. The first-order valence-corrected chi connectivity index (χ1v) is 9.26. The summed E-state index contributed by atoms with van der Waals surface area (Å²) in [4.78, 5) is 7.19. The van der Waals surface area contributed by atoms with E-state index in [0.717, 1.165) is 42.2 Å². The van der Waals surface area contributed by atoms with Gasteiger partial charge >= 0.3 is 0 Å². The number of aliphatic hydroxyl groups excluding tert-OH is 1. The minimum Gasteiger partial charge on any atom is -0.504 e. The summed E-state index contributed by atoms with van der Waals surface area (Å²) in [6.45, 7) is 2.15. The molecule has 6 heteroatoms. The number of aliphatic hydroxyl groups is 1. The molecule has 1 fully saturated rings. The fraction of sp³-hybridized carbons (Fsp3) is 0.500. The molecule has 1 aromatic heterocycles. The van der Waals surface area contributed by atoms with Crippen molar-refractivity contribution in [2.75, 3.05) is 20.3 Å². The molecule has 3 rings (SSSR count). The van der Waals surface area contributed by atoms with Crippen LogP contribution < -0.4 is 4.74 Å². The Bertz CT molecular complexity index is 672. The largest absolute Gasteiger partial charge is 0.504 e. The predicted molar refractivity (Wildman–Crippen MR) is 95.5 cm³/mol. The summed E-state index contributed by atoms with van der Waals surface area (Å²) >= 11 is 1.61. The van der Waals surface area contributed by atoms with Crippen molar-refractivity contribution >= 4 is 11.3 Å². The van der Waals surface area contributed by atoms with Gasteiger partial charge in [-0.05, 0) is 44.0 Å². The van der Waals surface area contributed by atoms with Gasteiger partial charge in [0.15, 0.2) is 11.5 Å². The zero-order valence-electron chi connectivity index (χ0n) is 13.9. The molecule has 0 saturated carbocycles. The van der Waals surface area contributed by atoms with Crippen LogP contribution in [0.2, 0.25) is 0 Å². The highest BCUT2D eigenvalue weighted by Gasteiger charge is 2.22. The summed E-state index contributed by atoms with van der Waals surface area (Å²) in [7, 11) is 1.55. The third-order valence-corrected chi connectivity index (χ3v) is 5.50. The van der Waals surface area contributed by atoms with Gasteiger partial charge in [-0.15, -0.1) is 11.3 Å². The number of thiazole rings is 1. The number of piperidine rings is 1. The lowest BCUT2D eigenvalue weighted by Crippen LogP contribution is -2.39. The van der Waals surface area contributed by atoms with E-state index >= 15 is 0 Å². The van der Waals surface area contributed by atoms with Crippen molar-refractivity contribution in [2.45, 2.75) is 38.3 Å². The van der Waals surface area contributed by atoms with Crippen LogP contribution in [0.1, 0.15) is 31.4 Å². The standard InChI is InChI=1S/C18H24N2O3S/c1-23-17-10-13(5-6-16(17)22)18-19-14(12-24-18)11-20-8-3-2-4-15(20)7-9-21/h5-6,10,12,15,21-22H,2-4,7-9,11H2,1H3. The molecule has 1 saturated heterocycles. The molecule has 0 bridgehead atoms. The van der Waals surface area contributed by atoms with E-state index in [1.807, 2.05) is 12.1 Å². The number of methoxy groups -OCH3 is 1. The highest BCUT2D eigenvalue weighted by atomic mass is 32.1. The molecular weight excluding hydrogens is 324 g/mol. The number of hydrogen-bond acceptors (Lipinski definition) is 6. The average molecular weight is 348 g/mol. The zero-order valence-corrected chi connectivity index (χ0v) is 14.8. The topological polar surface area (TPSA) is 65.8 Å². The number of aromatic hydroxyl groups is 1. The Morgan fingerprint density at radius 3 is 3.04 bits per heavy atom. The summed E-state index contributed by atoms with van der Waals surface area (Å²) < 4.78 is 5.17. The van der Waals surface area contributed by atoms with E-state index in [1.165, 1.54) is 12.8 Å². The van der Waals surface area contributed by atoms with E-state index in [9.17, 15) is 10.2 Å². The summed E-state index contributed by atoms with van der Waals surface area (Å²) in [5.74, 6) is 0.599. The fourth-order valence-corrected chi connectivity index (χ4v) is 4.08. The zero-order chi connectivity index (χ0) is 16.9. The number of phenols is 1. The second kappa shape index (κ2) is 7.96. The van der Waals surface area contributed by atoms with Crippen LogP contribution in [0.5, 0.6) is 11.5 Å². The van der Waals surface area contributed by atoms with E-state index < -0.39 is 0 Å². The molecule has 1 unspecified atom stereocenters. The van der Waals surface area contributed by atoms with Crippen LogP contribution >= 0.6 is 11.3 Å². The molecule has 24 heavy (non-hydrogen) atoms. The van der Waals surface area contributed by atoms with Gasteiger partial charge in [0.25, 0.3) is 0 Å². The Kier molecular flexibility index (Phi) is 5.71. The molecule has 130 valence electrons. The smallest absolute Gasteiger partial charge is 0.161 e. The maximum absolute atomic E-state index is 9.71. The molecule has 0 spiro atoms. The third-order valence-electron chi connectivity index (χ3n) is 4.55. The second-order valence-corrected chi connectivity index (χ2v) is 7.02.